The first-order valence-electron chi connectivity index (χ1n) is 11.3. The van der Waals surface area contributed by atoms with Gasteiger partial charge in [0.2, 0.25) is 11.8 Å². The number of anilines is 1. The quantitative estimate of drug-likeness (QED) is 0.519. The second-order valence-electron chi connectivity index (χ2n) is 8.03. The molecule has 0 aromatic carbocycles. The fourth-order valence-corrected chi connectivity index (χ4v) is 4.07. The predicted molar refractivity (Wildman–Crippen MR) is 123 cm³/mol. The van der Waals surface area contributed by atoms with E-state index in [2.05, 4.69) is 22.2 Å². The molecule has 3 aromatic rings. The molecule has 31 heavy (non-hydrogen) atoms. The van der Waals surface area contributed by atoms with Crippen molar-refractivity contribution in [1.29, 1.82) is 0 Å². The van der Waals surface area contributed by atoms with E-state index < -0.39 is 0 Å². The van der Waals surface area contributed by atoms with Crippen molar-refractivity contribution in [3.8, 4) is 17.1 Å². The summed E-state index contributed by atoms with van der Waals surface area (Å²) >= 11 is 0. The Kier molecular flexibility index (Phi) is 6.70. The van der Waals surface area contributed by atoms with Crippen LogP contribution in [-0.4, -0.2) is 51.5 Å². The van der Waals surface area contributed by atoms with Crippen LogP contribution >= 0.6 is 0 Å². The van der Waals surface area contributed by atoms with Crippen LogP contribution in [0.3, 0.4) is 0 Å². The van der Waals surface area contributed by atoms with Crippen molar-refractivity contribution in [2.24, 2.45) is 0 Å². The highest BCUT2D eigenvalue weighted by Gasteiger charge is 2.24. The van der Waals surface area contributed by atoms with Crippen molar-refractivity contribution in [3.63, 3.8) is 0 Å². The number of aromatic nitrogens is 3. The molecule has 0 aliphatic carbocycles. The minimum absolute atomic E-state index is 0.187. The zero-order chi connectivity index (χ0) is 21.6. The normalized spacial score (nSPS) is 16.5. The van der Waals surface area contributed by atoms with Gasteiger partial charge in [0.15, 0.2) is 0 Å². The Hall–Kier alpha value is -3.09. The van der Waals surface area contributed by atoms with Crippen molar-refractivity contribution in [1.82, 2.24) is 19.9 Å². The van der Waals surface area contributed by atoms with Crippen molar-refractivity contribution in [3.05, 3.63) is 36.7 Å². The molecular formula is C24H31N5O2. The number of aromatic amines is 1. The Balaban J connectivity index is 1.64. The van der Waals surface area contributed by atoms with Crippen LogP contribution in [0.15, 0.2) is 36.7 Å². The third-order valence-corrected chi connectivity index (χ3v) is 5.76. The number of hydrogen-bond acceptors (Lipinski definition) is 5. The van der Waals surface area contributed by atoms with Crippen LogP contribution in [-0.2, 0) is 4.79 Å². The molecule has 1 atom stereocenters. The molecule has 4 rings (SSSR count). The third-order valence-electron chi connectivity index (χ3n) is 5.76. The molecule has 1 fully saturated rings. The van der Waals surface area contributed by atoms with Gasteiger partial charge in [-0.25, -0.2) is 9.97 Å². The van der Waals surface area contributed by atoms with Gasteiger partial charge in [-0.1, -0.05) is 26.3 Å². The maximum Gasteiger partial charge on any atom is 0.222 e. The number of pyridine rings is 2. The first kappa shape index (κ1) is 21.2. The Morgan fingerprint density at radius 3 is 3.06 bits per heavy atom. The summed E-state index contributed by atoms with van der Waals surface area (Å²) in [5, 5.41) is 4.75. The van der Waals surface area contributed by atoms with Gasteiger partial charge in [0.1, 0.15) is 5.65 Å². The molecule has 0 saturated carbocycles. The summed E-state index contributed by atoms with van der Waals surface area (Å²) in [5.41, 5.74) is 3.59. The lowest BCUT2D eigenvalue weighted by molar-refractivity contribution is -0.131. The highest BCUT2D eigenvalue weighted by Crippen LogP contribution is 2.34. The number of ether oxygens (including phenoxy) is 1. The second-order valence-corrected chi connectivity index (χ2v) is 8.03. The van der Waals surface area contributed by atoms with Gasteiger partial charge in [-0.2, -0.15) is 0 Å². The third kappa shape index (κ3) is 4.81. The molecule has 0 unspecified atom stereocenters. The molecule has 1 amide bonds. The molecule has 3 aromatic heterocycles. The van der Waals surface area contributed by atoms with E-state index >= 15 is 0 Å². The van der Waals surface area contributed by atoms with Crippen molar-refractivity contribution in [2.45, 2.75) is 52.0 Å². The topological polar surface area (TPSA) is 83.1 Å². The van der Waals surface area contributed by atoms with Gasteiger partial charge in [-0.15, -0.1) is 0 Å². The molecule has 0 radical (unpaired) electrons. The summed E-state index contributed by atoms with van der Waals surface area (Å²) in [6, 6.07) is 8.07. The molecule has 4 heterocycles. The van der Waals surface area contributed by atoms with Gasteiger partial charge < -0.3 is 19.9 Å². The van der Waals surface area contributed by atoms with E-state index in [1.165, 1.54) is 0 Å². The fourth-order valence-electron chi connectivity index (χ4n) is 4.07. The van der Waals surface area contributed by atoms with Crippen LogP contribution in [0.1, 0.15) is 46.0 Å². The molecule has 0 spiro atoms. The van der Waals surface area contributed by atoms with Crippen LogP contribution in [0, 0.1) is 0 Å². The number of piperidine rings is 1. The van der Waals surface area contributed by atoms with Crippen LogP contribution in [0.25, 0.3) is 22.3 Å². The Morgan fingerprint density at radius 1 is 1.32 bits per heavy atom. The molecule has 1 aliphatic heterocycles. The Bertz CT molecular complexity index is 1030. The number of fused-ring (bicyclic) bond motifs is 1. The van der Waals surface area contributed by atoms with Gasteiger partial charge in [0, 0.05) is 55.0 Å². The maximum atomic E-state index is 12.2. The standard InChI is InChI=1S/C24H31N5O2/c1-3-5-14-31-21-10-6-9-20(28-21)19-15-26-24-18(11-12-25-24)23(19)27-17-8-7-13-29(16-17)22(30)4-2/h6,9-12,15,17H,3-5,7-8,13-14,16H2,1-2H3,(H2,25,26,27)/t17-/m1/s1. The summed E-state index contributed by atoms with van der Waals surface area (Å²) in [4.78, 5) is 26.7. The number of likely N-dealkylation sites (tertiary alicyclic amines) is 1. The van der Waals surface area contributed by atoms with E-state index in [0.717, 1.165) is 60.2 Å². The summed E-state index contributed by atoms with van der Waals surface area (Å²) in [7, 11) is 0. The van der Waals surface area contributed by atoms with Gasteiger partial charge >= 0.3 is 0 Å². The van der Waals surface area contributed by atoms with Gasteiger partial charge in [-0.3, -0.25) is 4.79 Å². The first-order chi connectivity index (χ1) is 15.2. The monoisotopic (exact) mass is 421 g/mol. The number of carbonyl (C=O) groups is 1. The largest absolute Gasteiger partial charge is 0.478 e. The Labute approximate surface area is 183 Å². The smallest absolute Gasteiger partial charge is 0.222 e. The first-order valence-corrected chi connectivity index (χ1v) is 11.3. The highest BCUT2D eigenvalue weighted by atomic mass is 16.5. The summed E-state index contributed by atoms with van der Waals surface area (Å²) in [6.07, 6.45) is 8.41. The number of amides is 1. The predicted octanol–water partition coefficient (Wildman–Crippen LogP) is 4.62. The second kappa shape index (κ2) is 9.81. The van der Waals surface area contributed by atoms with Crippen LogP contribution in [0.2, 0.25) is 0 Å². The maximum absolute atomic E-state index is 12.2. The average Bonchev–Trinajstić information content (AvgIpc) is 3.29. The molecule has 7 nitrogen and oxygen atoms in total. The van der Waals surface area contributed by atoms with Crippen LogP contribution in [0.4, 0.5) is 5.69 Å². The SMILES string of the molecule is CCCCOc1cccc(-c2cnc3[nH]ccc3c2N[C@@H]2CCCN(C(=O)CC)C2)n1. The van der Waals surface area contributed by atoms with E-state index in [1.54, 1.807) is 0 Å². The number of hydrogen-bond donors (Lipinski definition) is 2. The number of rotatable bonds is 8. The lowest BCUT2D eigenvalue weighted by Crippen LogP contribution is -2.45. The summed E-state index contributed by atoms with van der Waals surface area (Å²) in [6.45, 7) is 6.28. The highest BCUT2D eigenvalue weighted by molar-refractivity contribution is 5.97. The van der Waals surface area contributed by atoms with Crippen molar-refractivity contribution in [2.75, 3.05) is 25.0 Å². The van der Waals surface area contributed by atoms with E-state index in [-0.39, 0.29) is 11.9 Å². The van der Waals surface area contributed by atoms with E-state index in [1.807, 2.05) is 48.5 Å². The lowest BCUT2D eigenvalue weighted by Gasteiger charge is -2.34. The minimum atomic E-state index is 0.187. The summed E-state index contributed by atoms with van der Waals surface area (Å²) < 4.78 is 5.82. The number of unbranched alkanes of at least 4 members (excludes halogenated alkanes) is 1. The van der Waals surface area contributed by atoms with E-state index in [0.29, 0.717) is 25.5 Å². The molecule has 0 bridgehead atoms. The molecular weight excluding hydrogens is 390 g/mol. The summed E-state index contributed by atoms with van der Waals surface area (Å²) in [5.74, 6) is 0.843. The molecule has 2 N–H and O–H groups in total. The van der Waals surface area contributed by atoms with Gasteiger partial charge in [0.25, 0.3) is 0 Å². The number of carbonyl (C=O) groups excluding carboxylic acids is 1. The van der Waals surface area contributed by atoms with Crippen molar-refractivity contribution >= 4 is 22.6 Å². The molecule has 164 valence electrons. The molecule has 1 saturated heterocycles. The fraction of sp³-hybridized carbons (Fsp3) is 0.458. The molecule has 1 aliphatic rings. The molecule has 7 heteroatoms. The van der Waals surface area contributed by atoms with Gasteiger partial charge in [0.05, 0.1) is 18.0 Å². The van der Waals surface area contributed by atoms with Crippen molar-refractivity contribution < 1.29 is 9.53 Å². The number of H-pyrrole nitrogens is 1. The zero-order valence-corrected chi connectivity index (χ0v) is 18.4. The van der Waals surface area contributed by atoms with Crippen LogP contribution < -0.4 is 10.1 Å². The minimum Gasteiger partial charge on any atom is -0.478 e. The average molecular weight is 422 g/mol. The Morgan fingerprint density at radius 2 is 2.23 bits per heavy atom. The lowest BCUT2D eigenvalue weighted by atomic mass is 10.0. The van der Waals surface area contributed by atoms with E-state index in [9.17, 15) is 4.79 Å². The number of nitrogens with one attached hydrogen (secondary N) is 2. The zero-order valence-electron chi connectivity index (χ0n) is 18.4. The van der Waals surface area contributed by atoms with Gasteiger partial charge in [-0.05, 0) is 31.4 Å². The van der Waals surface area contributed by atoms with Crippen LogP contribution in [0.5, 0.6) is 5.88 Å². The number of nitrogens with zero attached hydrogens (tertiary/aromatic N) is 3. The van der Waals surface area contributed by atoms with E-state index in [4.69, 9.17) is 9.72 Å².